The average molecular weight is 395 g/mol. The summed E-state index contributed by atoms with van der Waals surface area (Å²) in [6.07, 6.45) is 7.37. The topological polar surface area (TPSA) is 82.6 Å². The van der Waals surface area contributed by atoms with Gasteiger partial charge in [0.15, 0.2) is 9.84 Å². The number of hydrogen-bond donors (Lipinski definition) is 1. The maximum Gasteiger partial charge on any atom is 0.234 e. The van der Waals surface area contributed by atoms with E-state index in [1.54, 1.807) is 18.3 Å². The van der Waals surface area contributed by atoms with Gasteiger partial charge in [0.25, 0.3) is 0 Å². The molecule has 1 saturated carbocycles. The van der Waals surface area contributed by atoms with E-state index in [1.807, 2.05) is 4.90 Å². The molecule has 0 radical (unpaired) electrons. The van der Waals surface area contributed by atoms with Crippen molar-refractivity contribution in [1.29, 1.82) is 0 Å². The molecule has 150 valence electrons. The minimum atomic E-state index is -3.32. The fourth-order valence-corrected chi connectivity index (χ4v) is 4.75. The Morgan fingerprint density at radius 1 is 1.19 bits per heavy atom. The number of hydrogen-bond acceptors (Lipinski definition) is 6. The third-order valence-electron chi connectivity index (χ3n) is 5.57. The Morgan fingerprint density at radius 2 is 1.85 bits per heavy atom. The van der Waals surface area contributed by atoms with E-state index in [2.05, 4.69) is 22.1 Å². The Balaban J connectivity index is 1.50. The molecule has 1 aromatic rings. The van der Waals surface area contributed by atoms with Gasteiger partial charge in [-0.05, 0) is 43.7 Å². The second kappa shape index (κ2) is 8.56. The fraction of sp³-hybridized carbons (Fsp3) is 0.684. The summed E-state index contributed by atoms with van der Waals surface area (Å²) in [5.74, 6) is 1.38. The van der Waals surface area contributed by atoms with Crippen LogP contribution >= 0.6 is 0 Å². The van der Waals surface area contributed by atoms with Crippen LogP contribution in [0.15, 0.2) is 23.2 Å². The number of nitrogens with zero attached hydrogens (tertiary/aromatic N) is 3. The molecule has 2 heterocycles. The zero-order valence-corrected chi connectivity index (χ0v) is 17.0. The molecule has 2 aliphatic rings. The van der Waals surface area contributed by atoms with Gasteiger partial charge in [0.2, 0.25) is 5.91 Å². The van der Waals surface area contributed by atoms with Crippen LogP contribution in [0.1, 0.15) is 32.6 Å². The molecule has 27 heavy (non-hydrogen) atoms. The zero-order chi connectivity index (χ0) is 19.4. The van der Waals surface area contributed by atoms with Gasteiger partial charge < -0.3 is 10.2 Å². The Bertz CT molecular complexity index is 752. The lowest BCUT2D eigenvalue weighted by Gasteiger charge is -2.36. The van der Waals surface area contributed by atoms with Crippen LogP contribution in [-0.2, 0) is 14.6 Å². The van der Waals surface area contributed by atoms with E-state index >= 15 is 0 Å². The van der Waals surface area contributed by atoms with Crippen LogP contribution < -0.4 is 10.2 Å². The van der Waals surface area contributed by atoms with Crippen LogP contribution in [0, 0.1) is 5.92 Å². The SMILES string of the molecule is CC1CCC(NC(=O)CN2CCN(c3ncccc3S(C)(=O)=O)CC2)CC1. The summed E-state index contributed by atoms with van der Waals surface area (Å²) in [4.78, 5) is 21.0. The second-order valence-electron chi connectivity index (χ2n) is 7.88. The summed E-state index contributed by atoms with van der Waals surface area (Å²) >= 11 is 0. The van der Waals surface area contributed by atoms with E-state index in [0.29, 0.717) is 31.5 Å². The van der Waals surface area contributed by atoms with Gasteiger partial charge in [0, 0.05) is 44.7 Å². The van der Waals surface area contributed by atoms with E-state index in [9.17, 15) is 13.2 Å². The van der Waals surface area contributed by atoms with Crippen molar-refractivity contribution in [2.24, 2.45) is 5.92 Å². The first kappa shape index (κ1) is 20.1. The van der Waals surface area contributed by atoms with Gasteiger partial charge in [-0.15, -0.1) is 0 Å². The number of anilines is 1. The van der Waals surface area contributed by atoms with Crippen LogP contribution in [0.4, 0.5) is 5.82 Å². The van der Waals surface area contributed by atoms with Crippen LogP contribution in [-0.4, -0.2) is 69.2 Å². The maximum atomic E-state index is 12.3. The smallest absolute Gasteiger partial charge is 0.234 e. The Hall–Kier alpha value is -1.67. The lowest BCUT2D eigenvalue weighted by molar-refractivity contribution is -0.123. The molecule has 2 fully saturated rings. The van der Waals surface area contributed by atoms with Crippen molar-refractivity contribution in [3.63, 3.8) is 0 Å². The zero-order valence-electron chi connectivity index (χ0n) is 16.2. The summed E-state index contributed by atoms with van der Waals surface area (Å²) in [5.41, 5.74) is 0. The van der Waals surface area contributed by atoms with Gasteiger partial charge in [0.05, 0.1) is 6.54 Å². The minimum absolute atomic E-state index is 0.0951. The molecule has 0 atom stereocenters. The molecule has 1 amide bonds. The monoisotopic (exact) mass is 394 g/mol. The molecule has 0 spiro atoms. The number of nitrogens with one attached hydrogen (secondary N) is 1. The molecule has 1 aliphatic carbocycles. The van der Waals surface area contributed by atoms with Gasteiger partial charge in [-0.25, -0.2) is 13.4 Å². The van der Waals surface area contributed by atoms with E-state index in [4.69, 9.17) is 0 Å². The lowest BCUT2D eigenvalue weighted by atomic mass is 9.87. The van der Waals surface area contributed by atoms with Crippen LogP contribution in [0.3, 0.4) is 0 Å². The van der Waals surface area contributed by atoms with Crippen molar-refractivity contribution >= 4 is 21.6 Å². The van der Waals surface area contributed by atoms with E-state index in [1.165, 1.54) is 19.1 Å². The third-order valence-corrected chi connectivity index (χ3v) is 6.69. The molecular formula is C19H30N4O3S. The van der Waals surface area contributed by atoms with Crippen molar-refractivity contribution in [1.82, 2.24) is 15.2 Å². The molecule has 0 bridgehead atoms. The van der Waals surface area contributed by atoms with Crippen LogP contribution in [0.2, 0.25) is 0 Å². The summed E-state index contributed by atoms with van der Waals surface area (Å²) < 4.78 is 24.0. The number of pyridine rings is 1. The number of sulfone groups is 1. The van der Waals surface area contributed by atoms with Crippen molar-refractivity contribution < 1.29 is 13.2 Å². The lowest BCUT2D eigenvalue weighted by Crippen LogP contribution is -2.51. The molecule has 1 aromatic heterocycles. The highest BCUT2D eigenvalue weighted by atomic mass is 32.2. The van der Waals surface area contributed by atoms with Crippen molar-refractivity contribution in [2.75, 3.05) is 43.9 Å². The number of amides is 1. The molecular weight excluding hydrogens is 364 g/mol. The van der Waals surface area contributed by atoms with Crippen molar-refractivity contribution in [3.8, 4) is 0 Å². The first-order chi connectivity index (χ1) is 12.8. The molecule has 1 saturated heterocycles. The molecule has 3 rings (SSSR count). The van der Waals surface area contributed by atoms with Crippen LogP contribution in [0.5, 0.6) is 0 Å². The van der Waals surface area contributed by atoms with Crippen molar-refractivity contribution in [2.45, 2.75) is 43.5 Å². The van der Waals surface area contributed by atoms with Crippen LogP contribution in [0.25, 0.3) is 0 Å². The molecule has 1 aliphatic heterocycles. The van der Waals surface area contributed by atoms with E-state index in [-0.39, 0.29) is 10.8 Å². The number of carbonyl (C=O) groups is 1. The normalized spacial score (nSPS) is 24.6. The number of carbonyl (C=O) groups excluding carboxylic acids is 1. The van der Waals surface area contributed by atoms with Gasteiger partial charge >= 0.3 is 0 Å². The highest BCUT2D eigenvalue weighted by molar-refractivity contribution is 7.90. The van der Waals surface area contributed by atoms with Gasteiger partial charge in [-0.1, -0.05) is 6.92 Å². The number of piperazine rings is 1. The number of rotatable bonds is 5. The van der Waals surface area contributed by atoms with Crippen molar-refractivity contribution in [3.05, 3.63) is 18.3 Å². The van der Waals surface area contributed by atoms with Gasteiger partial charge in [0.1, 0.15) is 10.7 Å². The predicted octanol–water partition coefficient (Wildman–Crippen LogP) is 1.30. The Morgan fingerprint density at radius 3 is 2.48 bits per heavy atom. The summed E-state index contributed by atoms with van der Waals surface area (Å²) in [6, 6.07) is 3.57. The largest absolute Gasteiger partial charge is 0.353 e. The molecule has 7 nitrogen and oxygen atoms in total. The number of aromatic nitrogens is 1. The molecule has 0 unspecified atom stereocenters. The standard InChI is InChI=1S/C19H30N4O3S/c1-15-5-7-16(8-6-15)21-18(24)14-22-10-12-23(13-11-22)19-17(27(2,25)26)4-3-9-20-19/h3-4,9,15-16H,5-8,10-14H2,1-2H3,(H,21,24). The summed E-state index contributed by atoms with van der Waals surface area (Å²) in [6.45, 7) is 5.43. The molecule has 1 N–H and O–H groups in total. The van der Waals surface area contributed by atoms with Gasteiger partial charge in [-0.3, -0.25) is 9.69 Å². The molecule has 0 aromatic carbocycles. The summed E-state index contributed by atoms with van der Waals surface area (Å²) in [5, 5.41) is 3.17. The third kappa shape index (κ3) is 5.42. The predicted molar refractivity (Wildman–Crippen MR) is 106 cm³/mol. The second-order valence-corrected chi connectivity index (χ2v) is 9.87. The Labute approximate surface area is 162 Å². The van der Waals surface area contributed by atoms with Gasteiger partial charge in [-0.2, -0.15) is 0 Å². The van der Waals surface area contributed by atoms with E-state index < -0.39 is 9.84 Å². The highest BCUT2D eigenvalue weighted by Gasteiger charge is 2.25. The average Bonchev–Trinajstić information content (AvgIpc) is 2.63. The fourth-order valence-electron chi connectivity index (χ4n) is 3.91. The maximum absolute atomic E-state index is 12.3. The minimum Gasteiger partial charge on any atom is -0.353 e. The quantitative estimate of drug-likeness (QED) is 0.811. The highest BCUT2D eigenvalue weighted by Crippen LogP contribution is 2.24. The van der Waals surface area contributed by atoms with E-state index in [0.717, 1.165) is 31.8 Å². The first-order valence-corrected chi connectivity index (χ1v) is 11.6. The Kier molecular flexibility index (Phi) is 6.37. The first-order valence-electron chi connectivity index (χ1n) is 9.74. The molecule has 8 heteroatoms. The summed E-state index contributed by atoms with van der Waals surface area (Å²) in [7, 11) is -3.32.